The summed E-state index contributed by atoms with van der Waals surface area (Å²) in [5.41, 5.74) is 0.673. The molecule has 1 aliphatic rings. The molecule has 0 spiro atoms. The Morgan fingerprint density at radius 1 is 1.24 bits per heavy atom. The molecule has 0 saturated carbocycles. The molecule has 2 aromatic rings. The number of carbonyl (C=O) groups is 1. The zero-order chi connectivity index (χ0) is 18.0. The van der Waals surface area contributed by atoms with Crippen molar-refractivity contribution in [2.24, 2.45) is 0 Å². The average molecular weight is 384 g/mol. The standard InChI is InChI=1S/C16H11Cl2NO6/c17-11-1-2-14(19(21)22)13(5-11)16(20)24-7-10-4-12(18)3-9-6-23-8-25-15(9)10/h1-5H,6-8H2. The molecule has 0 amide bonds. The van der Waals surface area contributed by atoms with E-state index >= 15 is 0 Å². The molecule has 1 aliphatic heterocycles. The van der Waals surface area contributed by atoms with Crippen molar-refractivity contribution in [3.63, 3.8) is 0 Å². The second kappa shape index (κ2) is 7.26. The predicted octanol–water partition coefficient (Wildman–Crippen LogP) is 4.13. The third kappa shape index (κ3) is 3.84. The molecule has 0 bridgehead atoms. The van der Waals surface area contributed by atoms with Crippen molar-refractivity contribution in [1.29, 1.82) is 0 Å². The van der Waals surface area contributed by atoms with Gasteiger partial charge in [0, 0.05) is 27.2 Å². The predicted molar refractivity (Wildman–Crippen MR) is 89.0 cm³/mol. The number of halogens is 2. The van der Waals surface area contributed by atoms with Crippen LogP contribution in [0.5, 0.6) is 5.75 Å². The Morgan fingerprint density at radius 3 is 2.80 bits per heavy atom. The Bertz CT molecular complexity index is 855. The molecule has 1 heterocycles. The lowest BCUT2D eigenvalue weighted by Crippen LogP contribution is -2.14. The van der Waals surface area contributed by atoms with Gasteiger partial charge in [-0.2, -0.15) is 0 Å². The number of ether oxygens (including phenoxy) is 3. The SMILES string of the molecule is O=C(OCc1cc(Cl)cc2c1OCOC2)c1cc(Cl)ccc1[N+](=O)[O-]. The summed E-state index contributed by atoms with van der Waals surface area (Å²) >= 11 is 11.9. The van der Waals surface area contributed by atoms with E-state index in [1.54, 1.807) is 12.1 Å². The first kappa shape index (κ1) is 17.5. The molecule has 0 aromatic heterocycles. The Balaban J connectivity index is 1.83. The van der Waals surface area contributed by atoms with Crippen LogP contribution in [0.25, 0.3) is 0 Å². The molecule has 0 radical (unpaired) electrons. The molecule has 0 N–H and O–H groups in total. The van der Waals surface area contributed by atoms with Gasteiger partial charge in [-0.3, -0.25) is 10.1 Å². The van der Waals surface area contributed by atoms with Gasteiger partial charge in [-0.05, 0) is 24.3 Å². The van der Waals surface area contributed by atoms with Gasteiger partial charge in [0.15, 0.2) is 6.79 Å². The van der Waals surface area contributed by atoms with Crippen LogP contribution in [-0.4, -0.2) is 17.7 Å². The largest absolute Gasteiger partial charge is 0.467 e. The molecule has 2 aromatic carbocycles. The van der Waals surface area contributed by atoms with Crippen LogP contribution in [0.15, 0.2) is 30.3 Å². The summed E-state index contributed by atoms with van der Waals surface area (Å²) in [6.07, 6.45) is 0. The first-order chi connectivity index (χ1) is 12.0. The Labute approximate surface area is 152 Å². The zero-order valence-corrected chi connectivity index (χ0v) is 14.2. The highest BCUT2D eigenvalue weighted by molar-refractivity contribution is 6.31. The van der Waals surface area contributed by atoms with E-state index in [1.165, 1.54) is 12.1 Å². The van der Waals surface area contributed by atoms with Gasteiger partial charge in [-0.15, -0.1) is 0 Å². The minimum Gasteiger partial charge on any atom is -0.467 e. The summed E-state index contributed by atoms with van der Waals surface area (Å²) in [7, 11) is 0. The van der Waals surface area contributed by atoms with Crippen LogP contribution in [0.2, 0.25) is 10.0 Å². The maximum absolute atomic E-state index is 12.3. The lowest BCUT2D eigenvalue weighted by molar-refractivity contribution is -0.385. The normalized spacial score (nSPS) is 12.9. The fourth-order valence-corrected chi connectivity index (χ4v) is 2.85. The fraction of sp³-hybridized carbons (Fsp3) is 0.188. The molecule has 0 saturated heterocycles. The van der Waals surface area contributed by atoms with Crippen LogP contribution in [0.3, 0.4) is 0 Å². The highest BCUT2D eigenvalue weighted by Gasteiger charge is 2.23. The summed E-state index contributed by atoms with van der Waals surface area (Å²) in [5, 5.41) is 11.7. The van der Waals surface area contributed by atoms with Crippen molar-refractivity contribution in [2.45, 2.75) is 13.2 Å². The number of nitrogens with zero attached hydrogens (tertiary/aromatic N) is 1. The van der Waals surface area contributed by atoms with Gasteiger partial charge in [0.05, 0.1) is 11.5 Å². The van der Waals surface area contributed by atoms with Crippen LogP contribution in [0.4, 0.5) is 5.69 Å². The van der Waals surface area contributed by atoms with E-state index < -0.39 is 10.9 Å². The topological polar surface area (TPSA) is 87.9 Å². The molecule has 25 heavy (non-hydrogen) atoms. The molecular weight excluding hydrogens is 373 g/mol. The second-order valence-electron chi connectivity index (χ2n) is 5.16. The first-order valence-electron chi connectivity index (χ1n) is 7.08. The van der Waals surface area contributed by atoms with E-state index in [-0.39, 0.29) is 29.7 Å². The van der Waals surface area contributed by atoms with Gasteiger partial charge in [0.1, 0.15) is 17.9 Å². The molecule has 9 heteroatoms. The molecule has 3 rings (SSSR count). The van der Waals surface area contributed by atoms with Crippen molar-refractivity contribution in [3.05, 3.63) is 67.2 Å². The smallest absolute Gasteiger partial charge is 0.345 e. The molecular formula is C16H11Cl2NO6. The Morgan fingerprint density at radius 2 is 2.04 bits per heavy atom. The molecule has 0 fully saturated rings. The van der Waals surface area contributed by atoms with E-state index in [9.17, 15) is 14.9 Å². The third-order valence-electron chi connectivity index (χ3n) is 3.49. The lowest BCUT2D eigenvalue weighted by atomic mass is 10.1. The number of hydrogen-bond donors (Lipinski definition) is 0. The highest BCUT2D eigenvalue weighted by Crippen LogP contribution is 2.32. The highest BCUT2D eigenvalue weighted by atomic mass is 35.5. The molecule has 0 atom stereocenters. The number of nitro groups is 1. The number of benzene rings is 2. The minimum atomic E-state index is -0.866. The number of rotatable bonds is 4. The van der Waals surface area contributed by atoms with Crippen LogP contribution in [0, 0.1) is 10.1 Å². The quantitative estimate of drug-likeness (QED) is 0.448. The van der Waals surface area contributed by atoms with Gasteiger partial charge in [0.25, 0.3) is 5.69 Å². The van der Waals surface area contributed by atoms with Crippen molar-refractivity contribution >= 4 is 34.9 Å². The zero-order valence-electron chi connectivity index (χ0n) is 12.7. The summed E-state index contributed by atoms with van der Waals surface area (Å²) in [5.74, 6) is -0.334. The van der Waals surface area contributed by atoms with Crippen molar-refractivity contribution < 1.29 is 23.9 Å². The van der Waals surface area contributed by atoms with Gasteiger partial charge in [-0.1, -0.05) is 23.2 Å². The van der Waals surface area contributed by atoms with Crippen molar-refractivity contribution in [2.75, 3.05) is 6.79 Å². The summed E-state index contributed by atoms with van der Waals surface area (Å²) < 4.78 is 15.8. The van der Waals surface area contributed by atoms with Crippen molar-refractivity contribution in [3.8, 4) is 5.75 Å². The molecule has 130 valence electrons. The number of esters is 1. The van der Waals surface area contributed by atoms with Crippen LogP contribution in [0.1, 0.15) is 21.5 Å². The fourth-order valence-electron chi connectivity index (χ4n) is 2.42. The lowest BCUT2D eigenvalue weighted by Gasteiger charge is -2.21. The van der Waals surface area contributed by atoms with Gasteiger partial charge in [0.2, 0.25) is 0 Å². The van der Waals surface area contributed by atoms with Crippen LogP contribution < -0.4 is 4.74 Å². The maximum Gasteiger partial charge on any atom is 0.345 e. The van der Waals surface area contributed by atoms with Crippen LogP contribution >= 0.6 is 23.2 Å². The molecule has 0 unspecified atom stereocenters. The van der Waals surface area contributed by atoms with Gasteiger partial charge >= 0.3 is 5.97 Å². The van der Waals surface area contributed by atoms with Gasteiger partial charge < -0.3 is 14.2 Å². The molecule has 0 aliphatic carbocycles. The van der Waals surface area contributed by atoms with Crippen molar-refractivity contribution in [1.82, 2.24) is 0 Å². The summed E-state index contributed by atoms with van der Waals surface area (Å²) in [6, 6.07) is 6.98. The van der Waals surface area contributed by atoms with E-state index in [2.05, 4.69) is 0 Å². The Hall–Kier alpha value is -2.35. The number of carbonyl (C=O) groups excluding carboxylic acids is 1. The van der Waals surface area contributed by atoms with Crippen LogP contribution in [-0.2, 0) is 22.7 Å². The van der Waals surface area contributed by atoms with E-state index in [0.29, 0.717) is 22.9 Å². The Kier molecular flexibility index (Phi) is 5.08. The number of fused-ring (bicyclic) bond motifs is 1. The average Bonchev–Trinajstić information content (AvgIpc) is 2.58. The van der Waals surface area contributed by atoms with E-state index in [1.807, 2.05) is 0 Å². The first-order valence-corrected chi connectivity index (χ1v) is 7.84. The molecule has 7 nitrogen and oxygen atoms in total. The maximum atomic E-state index is 12.3. The van der Waals surface area contributed by atoms with Gasteiger partial charge in [-0.25, -0.2) is 4.79 Å². The monoisotopic (exact) mass is 383 g/mol. The second-order valence-corrected chi connectivity index (χ2v) is 6.03. The van der Waals surface area contributed by atoms with E-state index in [0.717, 1.165) is 11.6 Å². The van der Waals surface area contributed by atoms with E-state index in [4.69, 9.17) is 37.4 Å². The third-order valence-corrected chi connectivity index (χ3v) is 3.94. The number of hydrogen-bond acceptors (Lipinski definition) is 6. The summed E-state index contributed by atoms with van der Waals surface area (Å²) in [4.78, 5) is 22.6. The number of nitro benzene ring substituents is 1. The minimum absolute atomic E-state index is 0.0787. The summed E-state index contributed by atoms with van der Waals surface area (Å²) in [6.45, 7) is 0.247.